The Morgan fingerprint density at radius 2 is 0.941 bits per heavy atom. The van der Waals surface area contributed by atoms with Gasteiger partial charge in [0.25, 0.3) is 0 Å². The normalized spacial score (nSPS) is 11.8. The molecule has 34 heavy (non-hydrogen) atoms. The van der Waals surface area contributed by atoms with Gasteiger partial charge in [-0.1, -0.05) is 93.9 Å². The summed E-state index contributed by atoms with van der Waals surface area (Å²) in [5.74, 6) is 2.28. The van der Waals surface area contributed by atoms with Gasteiger partial charge in [-0.05, 0) is 29.6 Å². The van der Waals surface area contributed by atoms with Crippen molar-refractivity contribution in [1.82, 2.24) is 0 Å². The SMILES string of the molecule is C[Si](C)(c1cccs1)[Si]([Si](C)(C)c1cccs1)[Si](C)(C)c1cccs1.[C-]#Cc1ccccc1.[Pt]. The summed E-state index contributed by atoms with van der Waals surface area (Å²) in [5.41, 5.74) is 0.826. The van der Waals surface area contributed by atoms with E-state index in [4.69, 9.17) is 6.42 Å². The third-order valence-electron chi connectivity index (χ3n) is 6.20. The fourth-order valence-electron chi connectivity index (χ4n) is 5.14. The van der Waals surface area contributed by atoms with Crippen LogP contribution in [0.4, 0.5) is 0 Å². The Bertz CT molecular complexity index is 1030. The van der Waals surface area contributed by atoms with Crippen LogP contribution in [0.1, 0.15) is 5.56 Å². The van der Waals surface area contributed by atoms with Crippen LogP contribution >= 0.6 is 34.0 Å². The van der Waals surface area contributed by atoms with Crippen LogP contribution in [0.5, 0.6) is 0 Å². The first-order chi connectivity index (χ1) is 15.6. The molecule has 0 aliphatic rings. The van der Waals surface area contributed by atoms with Gasteiger partial charge in [0.05, 0.1) is 22.8 Å². The maximum Gasteiger partial charge on any atom is 0.0799 e. The first-order valence-corrected chi connectivity index (χ1v) is 27.2. The molecule has 0 saturated carbocycles. The van der Waals surface area contributed by atoms with E-state index >= 15 is 0 Å². The molecule has 4 aromatic rings. The van der Waals surface area contributed by atoms with Crippen LogP contribution < -0.4 is 13.5 Å². The molecule has 1 radical (unpaired) electrons. The Morgan fingerprint density at radius 3 is 1.18 bits per heavy atom. The summed E-state index contributed by atoms with van der Waals surface area (Å²) in [5, 5.41) is 6.88. The van der Waals surface area contributed by atoms with E-state index in [1.54, 1.807) is 13.5 Å². The number of thiophene rings is 3. The third-order valence-corrected chi connectivity index (χ3v) is 70.9. The molecule has 4 rings (SSSR count). The molecule has 0 nitrogen and oxygen atoms in total. The molecule has 181 valence electrons. The van der Waals surface area contributed by atoms with E-state index in [-0.39, 0.29) is 21.1 Å². The van der Waals surface area contributed by atoms with E-state index in [2.05, 4.69) is 97.7 Å². The number of hydrogen-bond acceptors (Lipinski definition) is 3. The molecule has 0 N–H and O–H groups in total. The zero-order chi connectivity index (χ0) is 24.1. The Labute approximate surface area is 236 Å². The minimum atomic E-state index is -1.48. The van der Waals surface area contributed by atoms with Gasteiger partial charge in [0, 0.05) is 28.4 Å². The second-order valence-electron chi connectivity index (χ2n) is 9.67. The minimum absolute atomic E-state index is 0. The van der Waals surface area contributed by atoms with Crippen molar-refractivity contribution in [2.45, 2.75) is 39.3 Å². The first kappa shape index (κ1) is 29.7. The van der Waals surface area contributed by atoms with Crippen LogP contribution in [0.3, 0.4) is 0 Å². The monoisotopic (exact) mass is 747 g/mol. The van der Waals surface area contributed by atoms with Gasteiger partial charge in [-0.3, -0.25) is 5.92 Å². The van der Waals surface area contributed by atoms with Crippen LogP contribution in [0.2, 0.25) is 39.3 Å². The predicted octanol–water partition coefficient (Wildman–Crippen LogP) is 6.37. The second kappa shape index (κ2) is 12.6. The second-order valence-corrected chi connectivity index (χ2v) is 46.0. The molecule has 0 amide bonds. The summed E-state index contributed by atoms with van der Waals surface area (Å²) in [6, 6.07) is 23.5. The standard InChI is InChI=1S/C18H27S3Si4.C8H5.Pt/c1-23(2,16-10-7-13-19-16)22(24(3,4)17-11-8-14-20-17)25(5,6)18-12-9-15-21-18;1-2-8-6-4-3-5-7-8;/h7-15H,1-6H3;3-7H;/q;-1;. The molecule has 1 aromatic carbocycles. The first-order valence-electron chi connectivity index (χ1n) is 11.1. The molecule has 0 fully saturated rings. The molecule has 0 bridgehead atoms. The van der Waals surface area contributed by atoms with Crippen molar-refractivity contribution >= 4 is 77.6 Å². The van der Waals surface area contributed by atoms with Crippen LogP contribution in [-0.2, 0) is 21.1 Å². The van der Waals surface area contributed by atoms with Crippen molar-refractivity contribution in [2.75, 3.05) is 0 Å². The average Bonchev–Trinajstić information content (AvgIpc) is 3.57. The van der Waals surface area contributed by atoms with E-state index in [1.807, 2.05) is 64.3 Å². The topological polar surface area (TPSA) is 0 Å². The smallest absolute Gasteiger partial charge is 0.0799 e. The largest absolute Gasteiger partial charge is 0.366 e. The summed E-state index contributed by atoms with van der Waals surface area (Å²) in [6.07, 6.45) is 6.69. The van der Waals surface area contributed by atoms with E-state index in [1.165, 1.54) is 0 Å². The summed E-state index contributed by atoms with van der Waals surface area (Å²) >= 11 is 6.07. The van der Waals surface area contributed by atoms with Gasteiger partial charge in [0.15, 0.2) is 0 Å². The van der Waals surface area contributed by atoms with E-state index in [0.717, 1.165) is 5.56 Å². The summed E-state index contributed by atoms with van der Waals surface area (Å²) in [6.45, 7) is 16.2. The van der Waals surface area contributed by atoms with Crippen molar-refractivity contribution in [3.63, 3.8) is 0 Å². The van der Waals surface area contributed by atoms with Crippen molar-refractivity contribution in [2.24, 2.45) is 0 Å². The van der Waals surface area contributed by atoms with Gasteiger partial charge in [-0.25, -0.2) is 0 Å². The fourth-order valence-corrected chi connectivity index (χ4v) is 93.4. The van der Waals surface area contributed by atoms with Gasteiger partial charge in [0.2, 0.25) is 0 Å². The molecule has 3 heterocycles. The van der Waals surface area contributed by atoms with Crippen LogP contribution in [0, 0.1) is 12.3 Å². The minimum Gasteiger partial charge on any atom is -0.366 e. The molecule has 0 unspecified atom stereocenters. The van der Waals surface area contributed by atoms with Crippen LogP contribution in [0.25, 0.3) is 0 Å². The third kappa shape index (κ3) is 6.60. The molecular formula is C26H32PtS3Si4-. The van der Waals surface area contributed by atoms with Gasteiger partial charge in [-0.2, -0.15) is 34.0 Å². The maximum atomic E-state index is 6.69. The van der Waals surface area contributed by atoms with E-state index < -0.39 is 30.1 Å². The maximum absolute atomic E-state index is 6.69. The quantitative estimate of drug-likeness (QED) is 0.122. The van der Waals surface area contributed by atoms with E-state index in [0.29, 0.717) is 0 Å². The summed E-state index contributed by atoms with van der Waals surface area (Å²) in [4.78, 5) is 0. The van der Waals surface area contributed by atoms with Crippen molar-refractivity contribution < 1.29 is 21.1 Å². The molecule has 8 heteroatoms. The molecular weight excluding hydrogens is 716 g/mol. The van der Waals surface area contributed by atoms with Crippen molar-refractivity contribution in [3.05, 3.63) is 94.9 Å². The van der Waals surface area contributed by atoms with Gasteiger partial charge in [0.1, 0.15) is 0 Å². The summed E-state index contributed by atoms with van der Waals surface area (Å²) in [7, 11) is -4.94. The molecule has 3 aromatic heterocycles. The number of rotatable bonds is 6. The molecule has 0 aliphatic heterocycles. The van der Waals surface area contributed by atoms with Crippen LogP contribution in [0.15, 0.2) is 82.9 Å². The zero-order valence-electron chi connectivity index (χ0n) is 20.6. The number of benzene rings is 1. The Kier molecular flexibility index (Phi) is 11.0. The van der Waals surface area contributed by atoms with Gasteiger partial charge in [-0.15, -0.1) is 17.7 Å². The van der Waals surface area contributed by atoms with Gasteiger partial charge >= 0.3 is 0 Å². The Balaban J connectivity index is 0.000000386. The molecule has 0 spiro atoms. The van der Waals surface area contributed by atoms with Crippen molar-refractivity contribution in [1.29, 1.82) is 0 Å². The fraction of sp³-hybridized carbons (Fsp3) is 0.231. The zero-order valence-corrected chi connectivity index (χ0v) is 29.3. The number of hydrogen-bond donors (Lipinski definition) is 0. The Hall–Kier alpha value is -0.564. The average molecular weight is 748 g/mol. The molecule has 0 aliphatic carbocycles. The van der Waals surface area contributed by atoms with Crippen LogP contribution in [-0.4, -0.2) is 30.1 Å². The van der Waals surface area contributed by atoms with Gasteiger partial charge < -0.3 is 6.42 Å². The Morgan fingerprint density at radius 1 is 0.588 bits per heavy atom. The summed E-state index contributed by atoms with van der Waals surface area (Å²) < 4.78 is 5.20. The van der Waals surface area contributed by atoms with Crippen molar-refractivity contribution in [3.8, 4) is 5.92 Å². The predicted molar refractivity (Wildman–Crippen MR) is 163 cm³/mol. The van der Waals surface area contributed by atoms with E-state index in [9.17, 15) is 0 Å². The molecule has 0 atom stereocenters. The molecule has 0 saturated heterocycles.